The van der Waals surface area contributed by atoms with Crippen molar-refractivity contribution in [3.8, 4) is 0 Å². The first-order valence-corrected chi connectivity index (χ1v) is 6.96. The number of hydrogen-bond acceptors (Lipinski definition) is 3. The highest BCUT2D eigenvalue weighted by Crippen LogP contribution is 2.37. The lowest BCUT2D eigenvalue weighted by Gasteiger charge is -2.39. The summed E-state index contributed by atoms with van der Waals surface area (Å²) in [6.07, 6.45) is -4.28. The summed E-state index contributed by atoms with van der Waals surface area (Å²) in [6, 6.07) is 0.583. The van der Waals surface area contributed by atoms with Crippen LogP contribution in [0.2, 0.25) is 0 Å². The second kappa shape index (κ2) is 5.70. The predicted octanol–water partition coefficient (Wildman–Crippen LogP) is 3.05. The number of halogens is 4. The smallest absolute Gasteiger partial charge is 0.419 e. The molecule has 1 amide bonds. The average molecular weight is 368 g/mol. The normalized spacial score (nSPS) is 19.8. The second-order valence-electron chi connectivity index (χ2n) is 4.79. The molecule has 0 unspecified atom stereocenters. The molecule has 0 saturated carbocycles. The van der Waals surface area contributed by atoms with Crippen molar-refractivity contribution >= 4 is 27.8 Å². The van der Waals surface area contributed by atoms with Crippen LogP contribution in [0.15, 0.2) is 16.7 Å². The molecule has 21 heavy (non-hydrogen) atoms. The van der Waals surface area contributed by atoms with Gasteiger partial charge in [0.25, 0.3) is 0 Å². The van der Waals surface area contributed by atoms with E-state index < -0.39 is 23.9 Å². The van der Waals surface area contributed by atoms with Gasteiger partial charge in [0.2, 0.25) is 0 Å². The van der Waals surface area contributed by atoms with E-state index in [2.05, 4.69) is 20.9 Å². The summed E-state index contributed by atoms with van der Waals surface area (Å²) in [5.74, 6) is -0.164. The summed E-state index contributed by atoms with van der Waals surface area (Å²) in [5.41, 5.74) is -0.826. The van der Waals surface area contributed by atoms with Gasteiger partial charge in [-0.2, -0.15) is 13.2 Å². The number of aromatic nitrogens is 1. The average Bonchev–Trinajstić information content (AvgIpc) is 2.37. The second-order valence-corrected chi connectivity index (χ2v) is 5.71. The van der Waals surface area contributed by atoms with E-state index in [0.29, 0.717) is 0 Å². The van der Waals surface area contributed by atoms with E-state index in [-0.39, 0.29) is 29.9 Å². The molecule has 1 aromatic heterocycles. The van der Waals surface area contributed by atoms with Crippen molar-refractivity contribution in [3.05, 3.63) is 22.3 Å². The molecular formula is C12H13BrF3N3O2. The number of nitrogens with zero attached hydrogens (tertiary/aromatic N) is 3. The fourth-order valence-corrected chi connectivity index (χ4v) is 2.66. The van der Waals surface area contributed by atoms with Crippen LogP contribution in [0.1, 0.15) is 12.5 Å². The minimum atomic E-state index is -4.51. The number of carboxylic acid groups (broad SMARTS) is 1. The number of anilines is 1. The first kappa shape index (κ1) is 15.9. The molecule has 0 aliphatic carbocycles. The van der Waals surface area contributed by atoms with E-state index >= 15 is 0 Å². The van der Waals surface area contributed by atoms with Crippen molar-refractivity contribution in [1.29, 1.82) is 0 Å². The maximum atomic E-state index is 13.1. The maximum absolute atomic E-state index is 13.1. The van der Waals surface area contributed by atoms with Crippen molar-refractivity contribution in [3.63, 3.8) is 0 Å². The molecule has 1 atom stereocenters. The summed E-state index contributed by atoms with van der Waals surface area (Å²) in [7, 11) is 0. The van der Waals surface area contributed by atoms with Crippen LogP contribution in [0, 0.1) is 0 Å². The fraction of sp³-hybridized carbons (Fsp3) is 0.500. The fourth-order valence-electron chi connectivity index (χ4n) is 2.33. The number of carbonyl (C=O) groups is 1. The maximum Gasteiger partial charge on any atom is 0.419 e. The Labute approximate surface area is 127 Å². The van der Waals surface area contributed by atoms with Gasteiger partial charge in [0.1, 0.15) is 5.82 Å². The van der Waals surface area contributed by atoms with Gasteiger partial charge in [0.15, 0.2) is 0 Å². The molecule has 1 aliphatic heterocycles. The minimum Gasteiger partial charge on any atom is -0.465 e. The first-order chi connectivity index (χ1) is 9.70. The van der Waals surface area contributed by atoms with Crippen molar-refractivity contribution in [2.24, 2.45) is 0 Å². The number of alkyl halides is 3. The lowest BCUT2D eigenvalue weighted by Crippen LogP contribution is -2.54. The summed E-state index contributed by atoms with van der Waals surface area (Å²) >= 11 is 2.99. The van der Waals surface area contributed by atoms with E-state index in [1.807, 2.05) is 0 Å². The minimum absolute atomic E-state index is 0.144. The number of hydrogen-bond donors (Lipinski definition) is 1. The van der Waals surface area contributed by atoms with Gasteiger partial charge >= 0.3 is 12.3 Å². The SMILES string of the molecule is C[C@@H]1CN(c2ncc(Br)cc2C(F)(F)F)CCN1C(=O)O. The zero-order valence-corrected chi connectivity index (χ0v) is 12.6. The Morgan fingerprint density at radius 3 is 2.67 bits per heavy atom. The monoisotopic (exact) mass is 367 g/mol. The van der Waals surface area contributed by atoms with Crippen molar-refractivity contribution in [2.75, 3.05) is 24.5 Å². The Morgan fingerprint density at radius 1 is 1.48 bits per heavy atom. The van der Waals surface area contributed by atoms with Crippen molar-refractivity contribution in [2.45, 2.75) is 19.1 Å². The predicted molar refractivity (Wildman–Crippen MR) is 73.3 cm³/mol. The summed E-state index contributed by atoms with van der Waals surface area (Å²) in [4.78, 5) is 17.5. The molecule has 2 rings (SSSR count). The Hall–Kier alpha value is -1.51. The molecule has 1 fully saturated rings. The van der Waals surface area contributed by atoms with Gasteiger partial charge in [-0.1, -0.05) is 0 Å². The topological polar surface area (TPSA) is 56.7 Å². The largest absolute Gasteiger partial charge is 0.465 e. The van der Waals surface area contributed by atoms with Crippen LogP contribution in [0.25, 0.3) is 0 Å². The van der Waals surface area contributed by atoms with E-state index in [9.17, 15) is 18.0 Å². The molecule has 1 saturated heterocycles. The highest BCUT2D eigenvalue weighted by Gasteiger charge is 2.38. The van der Waals surface area contributed by atoms with Crippen LogP contribution < -0.4 is 4.90 Å². The third-order valence-electron chi connectivity index (χ3n) is 3.31. The molecule has 1 N–H and O–H groups in total. The summed E-state index contributed by atoms with van der Waals surface area (Å²) < 4.78 is 39.5. The lowest BCUT2D eigenvalue weighted by atomic mass is 10.1. The van der Waals surface area contributed by atoms with Crippen LogP contribution in [-0.4, -0.2) is 46.8 Å². The quantitative estimate of drug-likeness (QED) is 0.828. The summed E-state index contributed by atoms with van der Waals surface area (Å²) in [5, 5.41) is 8.99. The molecular weight excluding hydrogens is 355 g/mol. The molecule has 0 spiro atoms. The van der Waals surface area contributed by atoms with Gasteiger partial charge in [-0.15, -0.1) is 0 Å². The zero-order chi connectivity index (χ0) is 15.8. The van der Waals surface area contributed by atoms with Gasteiger partial charge in [-0.05, 0) is 28.9 Å². The van der Waals surface area contributed by atoms with E-state index in [4.69, 9.17) is 5.11 Å². The molecule has 2 heterocycles. The molecule has 0 bridgehead atoms. The van der Waals surface area contributed by atoms with E-state index in [1.54, 1.807) is 6.92 Å². The molecule has 0 radical (unpaired) electrons. The van der Waals surface area contributed by atoms with Gasteiger partial charge in [0.05, 0.1) is 5.56 Å². The summed E-state index contributed by atoms with van der Waals surface area (Å²) in [6.45, 7) is 2.15. The third-order valence-corrected chi connectivity index (χ3v) is 3.75. The van der Waals surface area contributed by atoms with Crippen LogP contribution >= 0.6 is 15.9 Å². The number of amides is 1. The molecule has 5 nitrogen and oxygen atoms in total. The first-order valence-electron chi connectivity index (χ1n) is 6.17. The Bertz CT molecular complexity index is 553. The molecule has 1 aliphatic rings. The molecule has 1 aromatic rings. The van der Waals surface area contributed by atoms with Crippen LogP contribution in [-0.2, 0) is 6.18 Å². The van der Waals surface area contributed by atoms with Gasteiger partial charge in [-0.25, -0.2) is 9.78 Å². The zero-order valence-electron chi connectivity index (χ0n) is 11.1. The van der Waals surface area contributed by atoms with E-state index in [0.717, 1.165) is 6.07 Å². The number of piperazine rings is 1. The van der Waals surface area contributed by atoms with Crippen molar-refractivity contribution < 1.29 is 23.1 Å². The van der Waals surface area contributed by atoms with Gasteiger partial charge < -0.3 is 14.9 Å². The highest BCUT2D eigenvalue weighted by molar-refractivity contribution is 9.10. The Balaban J connectivity index is 2.30. The standard InChI is InChI=1S/C12H13BrF3N3O2/c1-7-6-18(2-3-19(7)11(20)21)10-9(12(14,15)16)4-8(13)5-17-10/h4-5,7H,2-3,6H2,1H3,(H,20,21)/t7-/m1/s1. The van der Waals surface area contributed by atoms with Crippen LogP contribution in [0.4, 0.5) is 23.8 Å². The van der Waals surface area contributed by atoms with Crippen LogP contribution in [0.5, 0.6) is 0 Å². The molecule has 0 aromatic carbocycles. The Kier molecular flexibility index (Phi) is 4.31. The third kappa shape index (κ3) is 3.39. The van der Waals surface area contributed by atoms with Gasteiger partial charge in [0, 0.05) is 36.3 Å². The Morgan fingerprint density at radius 2 is 2.14 bits per heavy atom. The number of rotatable bonds is 1. The molecule has 116 valence electrons. The lowest BCUT2D eigenvalue weighted by molar-refractivity contribution is -0.137. The molecule has 9 heteroatoms. The van der Waals surface area contributed by atoms with Gasteiger partial charge in [-0.3, -0.25) is 0 Å². The highest BCUT2D eigenvalue weighted by atomic mass is 79.9. The van der Waals surface area contributed by atoms with Crippen molar-refractivity contribution in [1.82, 2.24) is 9.88 Å². The number of pyridine rings is 1. The van der Waals surface area contributed by atoms with Crippen LogP contribution in [0.3, 0.4) is 0 Å². The van der Waals surface area contributed by atoms with E-state index in [1.165, 1.54) is 16.0 Å².